The van der Waals surface area contributed by atoms with E-state index in [1.54, 1.807) is 6.07 Å². The third-order valence-corrected chi connectivity index (χ3v) is 2.84. The number of nitrogens with one attached hydrogen (secondary N) is 1. The van der Waals surface area contributed by atoms with Crippen molar-refractivity contribution in [2.75, 3.05) is 13.2 Å². The summed E-state index contributed by atoms with van der Waals surface area (Å²) < 4.78 is 0. The lowest BCUT2D eigenvalue weighted by Crippen LogP contribution is -2.33. The van der Waals surface area contributed by atoms with Crippen molar-refractivity contribution in [3.05, 3.63) is 29.6 Å². The first kappa shape index (κ1) is 14.1. The predicted octanol–water partition coefficient (Wildman–Crippen LogP) is 0.948. The van der Waals surface area contributed by atoms with E-state index >= 15 is 0 Å². The van der Waals surface area contributed by atoms with Crippen LogP contribution in [0.4, 0.5) is 0 Å². The standard InChI is InChI=1S/C13H17N3O2/c1-9(2)11(8-17)7-16-13(18)10-3-4-12(5-14)15-6-10/h3-4,6,9,11,17H,7-8H2,1-2H3,(H,16,18). The molecule has 0 radical (unpaired) electrons. The molecule has 1 unspecified atom stereocenters. The van der Waals surface area contributed by atoms with E-state index in [4.69, 9.17) is 10.4 Å². The van der Waals surface area contributed by atoms with Gasteiger partial charge in [0.15, 0.2) is 0 Å². The Morgan fingerprint density at radius 2 is 2.28 bits per heavy atom. The molecule has 1 amide bonds. The summed E-state index contributed by atoms with van der Waals surface area (Å²) in [7, 11) is 0. The molecule has 0 bridgehead atoms. The number of aliphatic hydroxyl groups excluding tert-OH is 1. The first-order valence-corrected chi connectivity index (χ1v) is 5.83. The van der Waals surface area contributed by atoms with E-state index in [-0.39, 0.29) is 24.1 Å². The maximum absolute atomic E-state index is 11.8. The van der Waals surface area contributed by atoms with Crippen molar-refractivity contribution in [3.63, 3.8) is 0 Å². The molecule has 1 aromatic heterocycles. The Bertz CT molecular complexity index is 435. The van der Waals surface area contributed by atoms with Gasteiger partial charge in [0.2, 0.25) is 0 Å². The number of carbonyl (C=O) groups is 1. The SMILES string of the molecule is CC(C)C(CO)CNC(=O)c1ccc(C#N)nc1. The monoisotopic (exact) mass is 247 g/mol. The van der Waals surface area contributed by atoms with Crippen LogP contribution in [0.1, 0.15) is 29.9 Å². The number of nitrogens with zero attached hydrogens (tertiary/aromatic N) is 2. The average Bonchev–Trinajstić information content (AvgIpc) is 2.39. The number of rotatable bonds is 5. The van der Waals surface area contributed by atoms with E-state index in [0.717, 1.165) is 0 Å². The molecule has 0 aliphatic rings. The first-order chi connectivity index (χ1) is 8.58. The Kier molecular flexibility index (Phi) is 5.28. The van der Waals surface area contributed by atoms with Crippen LogP contribution in [0.15, 0.2) is 18.3 Å². The third kappa shape index (κ3) is 3.82. The lowest BCUT2D eigenvalue weighted by atomic mass is 9.97. The van der Waals surface area contributed by atoms with Crippen molar-refractivity contribution in [2.24, 2.45) is 11.8 Å². The molecule has 1 aromatic rings. The van der Waals surface area contributed by atoms with Crippen molar-refractivity contribution in [2.45, 2.75) is 13.8 Å². The molecule has 5 heteroatoms. The molecular formula is C13H17N3O2. The van der Waals surface area contributed by atoms with Crippen LogP contribution in [-0.2, 0) is 0 Å². The van der Waals surface area contributed by atoms with E-state index in [9.17, 15) is 4.79 Å². The highest BCUT2D eigenvalue weighted by Gasteiger charge is 2.14. The molecule has 0 spiro atoms. The number of aromatic nitrogens is 1. The molecule has 1 rings (SSSR count). The summed E-state index contributed by atoms with van der Waals surface area (Å²) in [5.41, 5.74) is 0.691. The van der Waals surface area contributed by atoms with Crippen LogP contribution in [0.25, 0.3) is 0 Å². The zero-order chi connectivity index (χ0) is 13.5. The second-order valence-corrected chi connectivity index (χ2v) is 4.44. The fourth-order valence-corrected chi connectivity index (χ4v) is 1.43. The molecular weight excluding hydrogens is 230 g/mol. The number of hydrogen-bond donors (Lipinski definition) is 2. The predicted molar refractivity (Wildman–Crippen MR) is 66.7 cm³/mol. The zero-order valence-electron chi connectivity index (χ0n) is 10.6. The first-order valence-electron chi connectivity index (χ1n) is 5.83. The molecule has 0 aromatic carbocycles. The highest BCUT2D eigenvalue weighted by atomic mass is 16.3. The van der Waals surface area contributed by atoms with Gasteiger partial charge in [-0.3, -0.25) is 4.79 Å². The van der Waals surface area contributed by atoms with Crippen molar-refractivity contribution in [3.8, 4) is 6.07 Å². The van der Waals surface area contributed by atoms with Crippen LogP contribution in [0.5, 0.6) is 0 Å². The second kappa shape index (κ2) is 6.72. The summed E-state index contributed by atoms with van der Waals surface area (Å²) >= 11 is 0. The minimum atomic E-state index is -0.244. The van der Waals surface area contributed by atoms with Crippen molar-refractivity contribution >= 4 is 5.91 Å². The van der Waals surface area contributed by atoms with E-state index in [2.05, 4.69) is 10.3 Å². The molecule has 0 saturated heterocycles. The number of pyridine rings is 1. The Morgan fingerprint density at radius 1 is 1.56 bits per heavy atom. The van der Waals surface area contributed by atoms with E-state index in [0.29, 0.717) is 18.0 Å². The van der Waals surface area contributed by atoms with Gasteiger partial charge in [-0.2, -0.15) is 5.26 Å². The third-order valence-electron chi connectivity index (χ3n) is 2.84. The Hall–Kier alpha value is -1.93. The van der Waals surface area contributed by atoms with Crippen molar-refractivity contribution in [1.29, 1.82) is 5.26 Å². The van der Waals surface area contributed by atoms with Crippen LogP contribution in [0.3, 0.4) is 0 Å². The van der Waals surface area contributed by atoms with Gasteiger partial charge in [0.05, 0.1) is 5.56 Å². The zero-order valence-corrected chi connectivity index (χ0v) is 10.6. The van der Waals surface area contributed by atoms with Gasteiger partial charge >= 0.3 is 0 Å². The van der Waals surface area contributed by atoms with Gasteiger partial charge in [-0.15, -0.1) is 0 Å². The van der Waals surface area contributed by atoms with Crippen molar-refractivity contribution < 1.29 is 9.90 Å². The molecule has 0 aliphatic carbocycles. The van der Waals surface area contributed by atoms with Crippen molar-refractivity contribution in [1.82, 2.24) is 10.3 Å². The van der Waals surface area contributed by atoms with Gasteiger partial charge in [0, 0.05) is 25.3 Å². The number of amides is 1. The summed E-state index contributed by atoms with van der Waals surface area (Å²) in [6, 6.07) is 4.95. The largest absolute Gasteiger partial charge is 0.396 e. The van der Waals surface area contributed by atoms with Gasteiger partial charge in [-0.1, -0.05) is 13.8 Å². The average molecular weight is 247 g/mol. The molecule has 96 valence electrons. The number of aliphatic hydroxyl groups is 1. The van der Waals surface area contributed by atoms with Gasteiger partial charge in [-0.25, -0.2) is 4.98 Å². The van der Waals surface area contributed by atoms with Gasteiger partial charge in [0.25, 0.3) is 5.91 Å². The minimum absolute atomic E-state index is 0.0419. The quantitative estimate of drug-likeness (QED) is 0.811. The lowest BCUT2D eigenvalue weighted by molar-refractivity contribution is 0.0931. The molecule has 0 aliphatic heterocycles. The second-order valence-electron chi connectivity index (χ2n) is 4.44. The Labute approximate surface area is 106 Å². The van der Waals surface area contributed by atoms with Gasteiger partial charge in [0.1, 0.15) is 11.8 Å². The van der Waals surface area contributed by atoms with Crippen LogP contribution < -0.4 is 5.32 Å². The number of carbonyl (C=O) groups excluding carboxylic acids is 1. The van der Waals surface area contributed by atoms with E-state index < -0.39 is 0 Å². The minimum Gasteiger partial charge on any atom is -0.396 e. The van der Waals surface area contributed by atoms with Crippen LogP contribution >= 0.6 is 0 Å². The summed E-state index contributed by atoms with van der Waals surface area (Å²) in [5.74, 6) is 0.0979. The molecule has 0 saturated carbocycles. The summed E-state index contributed by atoms with van der Waals surface area (Å²) in [5, 5.41) is 20.5. The number of hydrogen-bond acceptors (Lipinski definition) is 4. The highest BCUT2D eigenvalue weighted by molar-refractivity contribution is 5.93. The fraction of sp³-hybridized carbons (Fsp3) is 0.462. The normalized spacial score (nSPS) is 11.9. The van der Waals surface area contributed by atoms with Gasteiger partial charge < -0.3 is 10.4 Å². The Morgan fingerprint density at radius 3 is 2.72 bits per heavy atom. The van der Waals surface area contributed by atoms with Crippen LogP contribution in [0.2, 0.25) is 0 Å². The van der Waals surface area contributed by atoms with E-state index in [1.807, 2.05) is 19.9 Å². The lowest BCUT2D eigenvalue weighted by Gasteiger charge is -2.18. The van der Waals surface area contributed by atoms with Gasteiger partial charge in [-0.05, 0) is 18.1 Å². The fourth-order valence-electron chi connectivity index (χ4n) is 1.43. The van der Waals surface area contributed by atoms with E-state index in [1.165, 1.54) is 12.3 Å². The molecule has 0 fully saturated rings. The van der Waals surface area contributed by atoms with Crippen LogP contribution in [-0.4, -0.2) is 29.1 Å². The maximum atomic E-state index is 11.8. The van der Waals surface area contributed by atoms with Crippen LogP contribution in [0, 0.1) is 23.2 Å². The molecule has 1 atom stereocenters. The summed E-state index contributed by atoms with van der Waals surface area (Å²) in [6.45, 7) is 4.46. The summed E-state index contributed by atoms with van der Waals surface area (Å²) in [4.78, 5) is 15.6. The molecule has 5 nitrogen and oxygen atoms in total. The smallest absolute Gasteiger partial charge is 0.252 e. The topological polar surface area (TPSA) is 86.0 Å². The highest BCUT2D eigenvalue weighted by Crippen LogP contribution is 2.08. The molecule has 2 N–H and O–H groups in total. The summed E-state index contributed by atoms with van der Waals surface area (Å²) in [6.07, 6.45) is 1.37. The number of nitriles is 1. The Balaban J connectivity index is 2.57. The molecule has 18 heavy (non-hydrogen) atoms. The maximum Gasteiger partial charge on any atom is 0.252 e. The molecule has 1 heterocycles.